The maximum atomic E-state index is 4.47. The Labute approximate surface area is 76.4 Å². The van der Waals surface area contributed by atoms with Gasteiger partial charge in [-0.05, 0) is 29.9 Å². The van der Waals surface area contributed by atoms with Gasteiger partial charge in [-0.15, -0.1) is 0 Å². The Kier molecular flexibility index (Phi) is 1.13. The van der Waals surface area contributed by atoms with Gasteiger partial charge in [0, 0.05) is 12.4 Å². The Morgan fingerprint density at radius 3 is 3.08 bits per heavy atom. The van der Waals surface area contributed by atoms with Crippen LogP contribution < -0.4 is 0 Å². The highest BCUT2D eigenvalue weighted by Gasteiger charge is 2.38. The van der Waals surface area contributed by atoms with E-state index in [1.165, 1.54) is 5.57 Å². The minimum absolute atomic E-state index is 0.288. The number of hydrogen-bond acceptors (Lipinski definition) is 2. The van der Waals surface area contributed by atoms with Crippen LogP contribution in [0, 0.1) is 0 Å². The summed E-state index contributed by atoms with van der Waals surface area (Å²) in [7, 11) is 0. The van der Waals surface area contributed by atoms with Crippen LogP contribution in [-0.4, -0.2) is 18.0 Å². The van der Waals surface area contributed by atoms with Crippen molar-refractivity contribution >= 4 is 12.4 Å². The summed E-state index contributed by atoms with van der Waals surface area (Å²) in [5.41, 5.74) is 1.93. The Bertz CT molecular complexity index is 433. The van der Waals surface area contributed by atoms with Gasteiger partial charge in [0.2, 0.25) is 0 Å². The molecule has 1 aliphatic carbocycles. The van der Waals surface area contributed by atoms with Crippen molar-refractivity contribution in [1.82, 2.24) is 0 Å². The first-order valence-electron chi connectivity index (χ1n) is 4.28. The van der Waals surface area contributed by atoms with Crippen LogP contribution in [-0.2, 0) is 0 Å². The molecule has 0 aromatic rings. The van der Waals surface area contributed by atoms with E-state index in [1.807, 2.05) is 36.7 Å². The molecule has 0 radical (unpaired) electrons. The summed E-state index contributed by atoms with van der Waals surface area (Å²) in [5.74, 6) is 0. The molecule has 3 aliphatic rings. The Hall–Kier alpha value is -1.70. The van der Waals surface area contributed by atoms with Gasteiger partial charge in [-0.3, -0.25) is 9.98 Å². The molecule has 2 heterocycles. The van der Waals surface area contributed by atoms with Crippen molar-refractivity contribution < 1.29 is 0 Å². The third-order valence-corrected chi connectivity index (χ3v) is 2.53. The van der Waals surface area contributed by atoms with Crippen LogP contribution in [0.4, 0.5) is 0 Å². The lowest BCUT2D eigenvalue weighted by Crippen LogP contribution is -2.28. The summed E-state index contributed by atoms with van der Waals surface area (Å²) in [4.78, 5) is 8.80. The van der Waals surface area contributed by atoms with E-state index in [4.69, 9.17) is 0 Å². The predicted molar refractivity (Wildman–Crippen MR) is 54.2 cm³/mol. The molecule has 0 aromatic heterocycles. The van der Waals surface area contributed by atoms with Gasteiger partial charge in [-0.1, -0.05) is 12.2 Å². The second-order valence-corrected chi connectivity index (χ2v) is 3.21. The Morgan fingerprint density at radius 1 is 1.08 bits per heavy atom. The molecule has 13 heavy (non-hydrogen) atoms. The Morgan fingerprint density at radius 2 is 2.08 bits per heavy atom. The average Bonchev–Trinajstić information content (AvgIpc) is 2.58. The Balaban J connectivity index is 2.28. The maximum Gasteiger partial charge on any atom is 0.146 e. The van der Waals surface area contributed by atoms with Crippen LogP contribution in [0.25, 0.3) is 0 Å². The predicted octanol–water partition coefficient (Wildman–Crippen LogP) is 1.83. The highest BCUT2D eigenvalue weighted by atomic mass is 15.0. The fourth-order valence-electron chi connectivity index (χ4n) is 1.88. The van der Waals surface area contributed by atoms with Crippen molar-refractivity contribution in [2.75, 3.05) is 0 Å². The van der Waals surface area contributed by atoms with Crippen molar-refractivity contribution in [2.24, 2.45) is 9.98 Å². The second-order valence-electron chi connectivity index (χ2n) is 3.21. The first-order chi connectivity index (χ1) is 6.42. The molecule has 0 bridgehead atoms. The van der Waals surface area contributed by atoms with Crippen molar-refractivity contribution in [3.8, 4) is 0 Å². The van der Waals surface area contributed by atoms with Gasteiger partial charge in [0.25, 0.3) is 0 Å². The quantitative estimate of drug-likeness (QED) is 0.527. The van der Waals surface area contributed by atoms with E-state index in [1.54, 1.807) is 0 Å². The van der Waals surface area contributed by atoms with E-state index in [-0.39, 0.29) is 5.54 Å². The molecular formula is C11H8N2. The van der Waals surface area contributed by atoms with Crippen LogP contribution >= 0.6 is 0 Å². The van der Waals surface area contributed by atoms with Gasteiger partial charge in [-0.25, -0.2) is 0 Å². The van der Waals surface area contributed by atoms with E-state index in [9.17, 15) is 0 Å². The van der Waals surface area contributed by atoms with Crippen molar-refractivity contribution in [1.29, 1.82) is 0 Å². The summed E-state index contributed by atoms with van der Waals surface area (Å²) in [6, 6.07) is 0. The third kappa shape index (κ3) is 0.724. The van der Waals surface area contributed by atoms with E-state index in [0.717, 1.165) is 5.70 Å². The van der Waals surface area contributed by atoms with Gasteiger partial charge in [0.1, 0.15) is 5.54 Å². The van der Waals surface area contributed by atoms with Gasteiger partial charge in [-0.2, -0.15) is 0 Å². The van der Waals surface area contributed by atoms with Gasteiger partial charge in [0.05, 0.1) is 5.70 Å². The molecule has 3 rings (SSSR count). The van der Waals surface area contributed by atoms with Crippen molar-refractivity contribution in [3.05, 3.63) is 47.7 Å². The van der Waals surface area contributed by atoms with Gasteiger partial charge in [0.15, 0.2) is 0 Å². The normalized spacial score (nSPS) is 32.6. The lowest BCUT2D eigenvalue weighted by Gasteiger charge is -2.29. The number of allylic oxidation sites excluding steroid dienone is 4. The molecule has 1 spiro atoms. The molecule has 2 aliphatic heterocycles. The van der Waals surface area contributed by atoms with Gasteiger partial charge >= 0.3 is 0 Å². The number of hydrogen-bond donors (Lipinski definition) is 0. The molecule has 0 aromatic carbocycles. The van der Waals surface area contributed by atoms with E-state index in [0.29, 0.717) is 0 Å². The number of dihydropyridines is 1. The number of aliphatic imine (C=N–C) groups is 2. The van der Waals surface area contributed by atoms with Crippen LogP contribution in [0.2, 0.25) is 0 Å². The monoisotopic (exact) mass is 168 g/mol. The minimum atomic E-state index is -0.288. The molecule has 0 saturated carbocycles. The fraction of sp³-hybridized carbons (Fsp3) is 0.0909. The zero-order valence-corrected chi connectivity index (χ0v) is 7.01. The van der Waals surface area contributed by atoms with Crippen LogP contribution in [0.15, 0.2) is 57.7 Å². The highest BCUT2D eigenvalue weighted by Crippen LogP contribution is 2.39. The van der Waals surface area contributed by atoms with Gasteiger partial charge < -0.3 is 0 Å². The molecule has 0 saturated heterocycles. The molecule has 2 heteroatoms. The van der Waals surface area contributed by atoms with Crippen LogP contribution in [0.1, 0.15) is 0 Å². The summed E-state index contributed by atoms with van der Waals surface area (Å²) in [6.07, 6.45) is 15.9. The molecule has 0 amide bonds. The summed E-state index contributed by atoms with van der Waals surface area (Å²) >= 11 is 0. The smallest absolute Gasteiger partial charge is 0.146 e. The van der Waals surface area contributed by atoms with E-state index < -0.39 is 0 Å². The van der Waals surface area contributed by atoms with E-state index >= 15 is 0 Å². The van der Waals surface area contributed by atoms with E-state index in [2.05, 4.69) is 22.1 Å². The topological polar surface area (TPSA) is 24.7 Å². The summed E-state index contributed by atoms with van der Waals surface area (Å²) in [5, 5.41) is 0. The van der Waals surface area contributed by atoms with Crippen molar-refractivity contribution in [3.63, 3.8) is 0 Å². The standard InChI is InChI=1S/C11H8N2/c1-3-9-5-8-13-11(9)6-2-7-12-10(11)4-1/h1-8H. The lowest BCUT2D eigenvalue weighted by molar-refractivity contribution is 0.734. The van der Waals surface area contributed by atoms with Crippen LogP contribution in [0.3, 0.4) is 0 Å². The fourth-order valence-corrected chi connectivity index (χ4v) is 1.88. The first kappa shape index (κ1) is 6.78. The zero-order chi connectivity index (χ0) is 8.73. The first-order valence-corrected chi connectivity index (χ1v) is 4.28. The molecule has 1 atom stereocenters. The number of rotatable bonds is 0. The second kappa shape index (κ2) is 2.16. The third-order valence-electron chi connectivity index (χ3n) is 2.53. The number of nitrogens with zero attached hydrogens (tertiary/aromatic N) is 2. The molecular weight excluding hydrogens is 160 g/mol. The largest absolute Gasteiger partial charge is 0.271 e. The zero-order valence-electron chi connectivity index (χ0n) is 7.01. The van der Waals surface area contributed by atoms with Crippen LogP contribution in [0.5, 0.6) is 0 Å². The maximum absolute atomic E-state index is 4.47. The van der Waals surface area contributed by atoms with Crippen molar-refractivity contribution in [2.45, 2.75) is 5.54 Å². The average molecular weight is 168 g/mol. The highest BCUT2D eigenvalue weighted by molar-refractivity contribution is 5.85. The molecule has 1 unspecified atom stereocenters. The molecule has 0 fully saturated rings. The SMILES string of the molecule is C1=CC2=CC=NC23C=CC=NC3=C1. The molecule has 2 nitrogen and oxygen atoms in total. The minimum Gasteiger partial charge on any atom is -0.271 e. The summed E-state index contributed by atoms with van der Waals surface area (Å²) in [6.45, 7) is 0. The molecule has 62 valence electrons. The molecule has 0 N–H and O–H groups in total. The summed E-state index contributed by atoms with van der Waals surface area (Å²) < 4.78 is 0. The lowest BCUT2D eigenvalue weighted by atomic mass is 9.83.